The van der Waals surface area contributed by atoms with Gasteiger partial charge in [0, 0.05) is 9.35 Å². The van der Waals surface area contributed by atoms with Crippen LogP contribution in [0.3, 0.4) is 0 Å². The lowest BCUT2D eigenvalue weighted by Crippen LogP contribution is -2.05. The summed E-state index contributed by atoms with van der Waals surface area (Å²) < 4.78 is 0.0118. The van der Waals surface area contributed by atoms with Gasteiger partial charge in [0.15, 0.2) is 0 Å². The highest BCUT2D eigenvalue weighted by molar-refractivity contribution is 9.09. The van der Waals surface area contributed by atoms with E-state index in [0.717, 1.165) is 5.02 Å². The summed E-state index contributed by atoms with van der Waals surface area (Å²) in [5.74, 6) is 0. The van der Waals surface area contributed by atoms with Gasteiger partial charge in [0.1, 0.15) is 0 Å². The van der Waals surface area contributed by atoms with Crippen molar-refractivity contribution in [2.24, 2.45) is 0 Å². The summed E-state index contributed by atoms with van der Waals surface area (Å²) in [7, 11) is 0. The van der Waals surface area contributed by atoms with Crippen molar-refractivity contribution in [2.75, 3.05) is 0 Å². The second-order valence-electron chi connectivity index (χ2n) is 2.98. The summed E-state index contributed by atoms with van der Waals surface area (Å²) in [6, 6.07) is 7.86. The lowest BCUT2D eigenvalue weighted by atomic mass is 10.0. The first-order valence-electron chi connectivity index (χ1n) is 3.45. The second kappa shape index (κ2) is 3.16. The van der Waals surface area contributed by atoms with Crippen molar-refractivity contribution in [3.63, 3.8) is 0 Å². The number of benzene rings is 1. The number of halogens is 2. The zero-order valence-electron chi connectivity index (χ0n) is 6.57. The third kappa shape index (κ3) is 2.49. The van der Waals surface area contributed by atoms with Crippen LogP contribution in [-0.2, 0) is 4.32 Å². The minimum absolute atomic E-state index is 0.0118. The van der Waals surface area contributed by atoms with Crippen molar-refractivity contribution in [3.05, 3.63) is 34.9 Å². The van der Waals surface area contributed by atoms with Crippen LogP contribution in [0, 0.1) is 0 Å². The van der Waals surface area contributed by atoms with Crippen LogP contribution in [0.5, 0.6) is 0 Å². The van der Waals surface area contributed by atoms with Crippen molar-refractivity contribution < 1.29 is 0 Å². The van der Waals surface area contributed by atoms with Gasteiger partial charge < -0.3 is 0 Å². The van der Waals surface area contributed by atoms with Crippen LogP contribution in [0.4, 0.5) is 0 Å². The third-order valence-corrected chi connectivity index (χ3v) is 2.20. The van der Waals surface area contributed by atoms with Gasteiger partial charge in [-0.05, 0) is 31.5 Å². The van der Waals surface area contributed by atoms with Crippen molar-refractivity contribution in [1.82, 2.24) is 0 Å². The van der Waals surface area contributed by atoms with Crippen LogP contribution in [0.1, 0.15) is 19.4 Å². The first-order valence-corrected chi connectivity index (χ1v) is 4.62. The van der Waals surface area contributed by atoms with E-state index in [1.807, 2.05) is 18.2 Å². The second-order valence-corrected chi connectivity index (χ2v) is 5.40. The van der Waals surface area contributed by atoms with Crippen molar-refractivity contribution >= 4 is 27.5 Å². The van der Waals surface area contributed by atoms with Crippen LogP contribution in [-0.4, -0.2) is 0 Å². The summed E-state index contributed by atoms with van der Waals surface area (Å²) >= 11 is 9.39. The third-order valence-electron chi connectivity index (χ3n) is 1.51. The lowest BCUT2D eigenvalue weighted by molar-refractivity contribution is 0.803. The van der Waals surface area contributed by atoms with Gasteiger partial charge in [-0.2, -0.15) is 0 Å². The fourth-order valence-corrected chi connectivity index (χ4v) is 1.30. The summed E-state index contributed by atoms with van der Waals surface area (Å²) in [6.45, 7) is 4.19. The van der Waals surface area contributed by atoms with E-state index in [9.17, 15) is 0 Å². The molecule has 0 saturated heterocycles. The van der Waals surface area contributed by atoms with E-state index < -0.39 is 0 Å². The number of alkyl halides is 1. The SMILES string of the molecule is CC(C)(Br)c1cccc(Cl)c1. The minimum atomic E-state index is 0.0118. The molecular formula is C9H10BrCl. The first-order chi connectivity index (χ1) is 5.00. The highest BCUT2D eigenvalue weighted by Crippen LogP contribution is 2.30. The molecule has 0 radical (unpaired) electrons. The summed E-state index contributed by atoms with van der Waals surface area (Å²) in [4.78, 5) is 0. The predicted molar refractivity (Wildman–Crippen MR) is 53.4 cm³/mol. The van der Waals surface area contributed by atoms with E-state index in [-0.39, 0.29) is 4.32 Å². The minimum Gasteiger partial charge on any atom is -0.0843 e. The molecule has 1 rings (SSSR count). The Bertz CT molecular complexity index is 250. The maximum atomic E-state index is 5.83. The van der Waals surface area contributed by atoms with E-state index in [1.54, 1.807) is 0 Å². The van der Waals surface area contributed by atoms with Crippen molar-refractivity contribution in [3.8, 4) is 0 Å². The molecule has 0 heterocycles. The molecule has 0 atom stereocenters. The molecule has 2 heteroatoms. The average Bonchev–Trinajstić information content (AvgIpc) is 1.86. The van der Waals surface area contributed by atoms with Gasteiger partial charge in [0.2, 0.25) is 0 Å². The van der Waals surface area contributed by atoms with Gasteiger partial charge in [0.25, 0.3) is 0 Å². The van der Waals surface area contributed by atoms with E-state index in [1.165, 1.54) is 5.56 Å². The highest BCUT2D eigenvalue weighted by Gasteiger charge is 2.15. The van der Waals surface area contributed by atoms with Gasteiger partial charge in [-0.3, -0.25) is 0 Å². The molecule has 11 heavy (non-hydrogen) atoms. The van der Waals surface area contributed by atoms with Gasteiger partial charge in [-0.25, -0.2) is 0 Å². The Hall–Kier alpha value is -0.0100. The Morgan fingerprint density at radius 2 is 2.00 bits per heavy atom. The summed E-state index contributed by atoms with van der Waals surface area (Å²) in [5.41, 5.74) is 1.20. The van der Waals surface area contributed by atoms with E-state index >= 15 is 0 Å². The Morgan fingerprint density at radius 3 is 2.36 bits per heavy atom. The Balaban J connectivity index is 3.06. The fraction of sp³-hybridized carbons (Fsp3) is 0.333. The summed E-state index contributed by atoms with van der Waals surface area (Å²) in [5, 5.41) is 0.787. The van der Waals surface area contributed by atoms with E-state index in [4.69, 9.17) is 11.6 Å². The van der Waals surface area contributed by atoms with Crippen LogP contribution in [0.25, 0.3) is 0 Å². The van der Waals surface area contributed by atoms with Gasteiger partial charge in [0.05, 0.1) is 0 Å². The molecule has 0 aliphatic rings. The van der Waals surface area contributed by atoms with Crippen LogP contribution >= 0.6 is 27.5 Å². The van der Waals surface area contributed by atoms with E-state index in [0.29, 0.717) is 0 Å². The standard InChI is InChI=1S/C9H10BrCl/c1-9(2,10)7-4-3-5-8(11)6-7/h3-6H,1-2H3. The zero-order chi connectivity index (χ0) is 8.48. The molecule has 0 bridgehead atoms. The maximum Gasteiger partial charge on any atom is 0.0450 e. The molecule has 0 spiro atoms. The van der Waals surface area contributed by atoms with Crippen LogP contribution in [0.15, 0.2) is 24.3 Å². The number of hydrogen-bond acceptors (Lipinski definition) is 0. The monoisotopic (exact) mass is 232 g/mol. The van der Waals surface area contributed by atoms with E-state index in [2.05, 4.69) is 35.8 Å². The molecule has 1 aromatic carbocycles. The lowest BCUT2D eigenvalue weighted by Gasteiger charge is -2.16. The molecule has 0 saturated carbocycles. The normalized spacial score (nSPS) is 11.6. The molecule has 0 aliphatic heterocycles. The summed E-state index contributed by atoms with van der Waals surface area (Å²) in [6.07, 6.45) is 0. The van der Waals surface area contributed by atoms with Crippen LogP contribution in [0.2, 0.25) is 5.02 Å². The fourth-order valence-electron chi connectivity index (χ4n) is 0.858. The van der Waals surface area contributed by atoms with Crippen LogP contribution < -0.4 is 0 Å². The maximum absolute atomic E-state index is 5.83. The van der Waals surface area contributed by atoms with Gasteiger partial charge in [-0.15, -0.1) is 0 Å². The van der Waals surface area contributed by atoms with Crippen molar-refractivity contribution in [2.45, 2.75) is 18.2 Å². The Morgan fingerprint density at radius 1 is 1.36 bits per heavy atom. The molecule has 0 aliphatic carbocycles. The Labute approximate surface area is 80.7 Å². The van der Waals surface area contributed by atoms with Gasteiger partial charge in [-0.1, -0.05) is 39.7 Å². The molecular weight excluding hydrogens is 223 g/mol. The van der Waals surface area contributed by atoms with Gasteiger partial charge >= 0.3 is 0 Å². The quantitative estimate of drug-likeness (QED) is 0.644. The highest BCUT2D eigenvalue weighted by atomic mass is 79.9. The molecule has 0 nitrogen and oxygen atoms in total. The number of rotatable bonds is 1. The molecule has 0 amide bonds. The Kier molecular flexibility index (Phi) is 2.61. The molecule has 0 unspecified atom stereocenters. The largest absolute Gasteiger partial charge is 0.0843 e. The molecule has 1 aromatic rings. The van der Waals surface area contributed by atoms with Crippen molar-refractivity contribution in [1.29, 1.82) is 0 Å². The molecule has 60 valence electrons. The molecule has 0 N–H and O–H groups in total. The smallest absolute Gasteiger partial charge is 0.0450 e. The molecule has 0 fully saturated rings. The number of hydrogen-bond donors (Lipinski definition) is 0. The first kappa shape index (κ1) is 9.08. The average molecular weight is 234 g/mol. The zero-order valence-corrected chi connectivity index (χ0v) is 8.91. The molecule has 0 aromatic heterocycles. The topological polar surface area (TPSA) is 0 Å². The predicted octanol–water partition coefficient (Wildman–Crippen LogP) is 3.97.